The molecule has 1 unspecified atom stereocenters. The topological polar surface area (TPSA) is 86.3 Å². The number of likely N-dealkylation sites (tertiary alicyclic amines) is 1. The first kappa shape index (κ1) is 24.5. The van der Waals surface area contributed by atoms with Crippen molar-refractivity contribution in [3.05, 3.63) is 35.9 Å². The molecule has 0 aromatic heterocycles. The number of benzene rings is 1. The lowest BCUT2D eigenvalue weighted by Gasteiger charge is -2.24. The fourth-order valence-electron chi connectivity index (χ4n) is 3.39. The first-order valence-electron chi connectivity index (χ1n) is 11.1. The Balaban J connectivity index is 1.93. The van der Waals surface area contributed by atoms with Crippen molar-refractivity contribution in [2.24, 2.45) is 4.99 Å². The Morgan fingerprint density at radius 2 is 1.94 bits per heavy atom. The van der Waals surface area contributed by atoms with Crippen molar-refractivity contribution in [3.63, 3.8) is 0 Å². The molecule has 31 heavy (non-hydrogen) atoms. The fourth-order valence-corrected chi connectivity index (χ4v) is 3.39. The van der Waals surface area contributed by atoms with Gasteiger partial charge in [-0.2, -0.15) is 0 Å². The van der Waals surface area contributed by atoms with Crippen molar-refractivity contribution in [2.45, 2.75) is 59.2 Å². The fraction of sp³-hybridized carbons (Fsp3) is 0.609. The molecule has 1 heterocycles. The second kappa shape index (κ2) is 11.6. The van der Waals surface area contributed by atoms with Crippen molar-refractivity contribution in [1.82, 2.24) is 20.4 Å². The van der Waals surface area contributed by atoms with E-state index in [2.05, 4.69) is 20.5 Å². The van der Waals surface area contributed by atoms with Crippen molar-refractivity contribution < 1.29 is 14.3 Å². The third-order valence-corrected chi connectivity index (χ3v) is 4.86. The number of hydrogen-bond donors (Lipinski definition) is 2. The number of amides is 2. The zero-order valence-corrected chi connectivity index (χ0v) is 19.5. The van der Waals surface area contributed by atoms with E-state index < -0.39 is 11.7 Å². The largest absolute Gasteiger partial charge is 0.444 e. The van der Waals surface area contributed by atoms with Gasteiger partial charge in [0, 0.05) is 32.7 Å². The van der Waals surface area contributed by atoms with E-state index in [9.17, 15) is 9.59 Å². The number of likely N-dealkylation sites (N-methyl/N-ethyl adjacent to an activating group) is 1. The van der Waals surface area contributed by atoms with Crippen LogP contribution in [0, 0.1) is 0 Å². The number of carbonyl (C=O) groups is 2. The molecule has 2 amide bonds. The van der Waals surface area contributed by atoms with Gasteiger partial charge in [-0.05, 0) is 46.6 Å². The van der Waals surface area contributed by atoms with E-state index in [4.69, 9.17) is 4.74 Å². The summed E-state index contributed by atoms with van der Waals surface area (Å²) in [6, 6.07) is 9.94. The summed E-state index contributed by atoms with van der Waals surface area (Å²) in [7, 11) is 0. The molecule has 1 saturated heterocycles. The van der Waals surface area contributed by atoms with E-state index in [0.717, 1.165) is 18.5 Å². The van der Waals surface area contributed by atoms with Gasteiger partial charge < -0.3 is 25.2 Å². The lowest BCUT2D eigenvalue weighted by molar-refractivity contribution is -0.130. The highest BCUT2D eigenvalue weighted by molar-refractivity contribution is 5.85. The number of nitrogens with one attached hydrogen (secondary N) is 2. The molecule has 1 atom stereocenters. The van der Waals surface area contributed by atoms with Crippen LogP contribution in [0.25, 0.3) is 0 Å². The minimum Gasteiger partial charge on any atom is -0.444 e. The summed E-state index contributed by atoms with van der Waals surface area (Å²) < 4.78 is 5.34. The Morgan fingerprint density at radius 3 is 2.55 bits per heavy atom. The monoisotopic (exact) mass is 431 g/mol. The van der Waals surface area contributed by atoms with Gasteiger partial charge in [0.2, 0.25) is 5.91 Å². The zero-order valence-electron chi connectivity index (χ0n) is 19.5. The van der Waals surface area contributed by atoms with E-state index in [1.54, 1.807) is 4.90 Å². The zero-order chi connectivity index (χ0) is 22.9. The number of hydrogen-bond acceptors (Lipinski definition) is 4. The van der Waals surface area contributed by atoms with Gasteiger partial charge >= 0.3 is 6.09 Å². The maximum Gasteiger partial charge on any atom is 0.407 e. The molecular formula is C23H37N5O3. The molecule has 0 aliphatic carbocycles. The molecule has 0 radical (unpaired) electrons. The molecule has 1 aromatic rings. The van der Waals surface area contributed by atoms with Gasteiger partial charge in [-0.3, -0.25) is 4.79 Å². The average Bonchev–Trinajstić information content (AvgIpc) is 3.16. The molecule has 172 valence electrons. The number of ether oxygens (including phenoxy) is 1. The molecule has 0 spiro atoms. The SMILES string of the molecule is CCNC(=NCC(=O)N(CC)Cc1ccccc1)N1CCC(NC(=O)OC(C)(C)C)C1. The van der Waals surface area contributed by atoms with Crippen LogP contribution in [0.5, 0.6) is 0 Å². The second-order valence-corrected chi connectivity index (χ2v) is 8.64. The number of carbonyl (C=O) groups excluding carboxylic acids is 2. The molecule has 8 nitrogen and oxygen atoms in total. The van der Waals surface area contributed by atoms with Crippen molar-refractivity contribution >= 4 is 18.0 Å². The summed E-state index contributed by atoms with van der Waals surface area (Å²) in [6.45, 7) is 12.9. The van der Waals surface area contributed by atoms with Crippen LogP contribution in [-0.2, 0) is 16.1 Å². The lowest BCUT2D eigenvalue weighted by Crippen LogP contribution is -2.44. The van der Waals surface area contributed by atoms with Crippen LogP contribution >= 0.6 is 0 Å². The molecule has 2 rings (SSSR count). The van der Waals surface area contributed by atoms with Gasteiger partial charge in [0.25, 0.3) is 0 Å². The quantitative estimate of drug-likeness (QED) is 0.512. The summed E-state index contributed by atoms with van der Waals surface area (Å²) in [5.74, 6) is 0.685. The van der Waals surface area contributed by atoms with Crippen molar-refractivity contribution in [3.8, 4) is 0 Å². The van der Waals surface area contributed by atoms with Crippen molar-refractivity contribution in [2.75, 3.05) is 32.7 Å². The third-order valence-electron chi connectivity index (χ3n) is 4.86. The third kappa shape index (κ3) is 8.47. The first-order chi connectivity index (χ1) is 14.7. The molecule has 1 fully saturated rings. The van der Waals surface area contributed by atoms with Gasteiger partial charge in [-0.1, -0.05) is 30.3 Å². The highest BCUT2D eigenvalue weighted by atomic mass is 16.6. The summed E-state index contributed by atoms with van der Waals surface area (Å²) in [5.41, 5.74) is 0.577. The molecule has 1 aromatic carbocycles. The maximum atomic E-state index is 12.7. The van der Waals surface area contributed by atoms with Crippen molar-refractivity contribution in [1.29, 1.82) is 0 Å². The van der Waals surface area contributed by atoms with Crippen LogP contribution in [0.4, 0.5) is 4.79 Å². The Kier molecular flexibility index (Phi) is 9.15. The number of rotatable bonds is 7. The molecule has 0 saturated carbocycles. The summed E-state index contributed by atoms with van der Waals surface area (Å²) >= 11 is 0. The number of nitrogens with zero attached hydrogens (tertiary/aromatic N) is 3. The van der Waals surface area contributed by atoms with Gasteiger partial charge in [0.15, 0.2) is 5.96 Å². The van der Waals surface area contributed by atoms with Gasteiger partial charge in [0.1, 0.15) is 12.1 Å². The maximum absolute atomic E-state index is 12.7. The highest BCUT2D eigenvalue weighted by Gasteiger charge is 2.28. The molecular weight excluding hydrogens is 394 g/mol. The molecule has 0 bridgehead atoms. The van der Waals surface area contributed by atoms with Crippen LogP contribution in [0.1, 0.15) is 46.6 Å². The standard InChI is InChI=1S/C23H37N5O3/c1-6-24-21(28-14-13-19(17-28)26-22(30)31-23(3,4)5)25-15-20(29)27(7-2)16-18-11-9-8-10-12-18/h8-12,19H,6-7,13-17H2,1-5H3,(H,24,25)(H,26,30). The van der Waals surface area contributed by atoms with Crippen LogP contribution in [0.15, 0.2) is 35.3 Å². The van der Waals surface area contributed by atoms with Crippen LogP contribution in [0.2, 0.25) is 0 Å². The molecule has 1 aliphatic rings. The number of aliphatic imine (C=N–C) groups is 1. The molecule has 1 aliphatic heterocycles. The minimum atomic E-state index is -0.524. The molecule has 2 N–H and O–H groups in total. The van der Waals surface area contributed by atoms with Gasteiger partial charge in [-0.15, -0.1) is 0 Å². The van der Waals surface area contributed by atoms with E-state index in [-0.39, 0.29) is 18.5 Å². The predicted molar refractivity (Wildman–Crippen MR) is 123 cm³/mol. The highest BCUT2D eigenvalue weighted by Crippen LogP contribution is 2.12. The van der Waals surface area contributed by atoms with E-state index in [1.807, 2.05) is 65.0 Å². The summed E-state index contributed by atoms with van der Waals surface area (Å²) in [4.78, 5) is 33.2. The predicted octanol–water partition coefficient (Wildman–Crippen LogP) is 2.60. The Labute approximate surface area is 186 Å². The van der Waals surface area contributed by atoms with E-state index in [1.165, 1.54) is 0 Å². The molecule has 8 heteroatoms. The Bertz CT molecular complexity index is 745. The van der Waals surface area contributed by atoms with E-state index >= 15 is 0 Å². The number of guanidine groups is 1. The Morgan fingerprint density at radius 1 is 1.23 bits per heavy atom. The number of alkyl carbamates (subject to hydrolysis) is 1. The minimum absolute atomic E-state index is 0.00983. The normalized spacial score (nSPS) is 16.7. The van der Waals surface area contributed by atoms with Crippen LogP contribution < -0.4 is 10.6 Å². The van der Waals surface area contributed by atoms with Crippen LogP contribution in [0.3, 0.4) is 0 Å². The summed E-state index contributed by atoms with van der Waals surface area (Å²) in [6.07, 6.45) is 0.392. The average molecular weight is 432 g/mol. The van der Waals surface area contributed by atoms with Crippen LogP contribution in [-0.4, -0.2) is 72.1 Å². The first-order valence-corrected chi connectivity index (χ1v) is 11.1. The van der Waals surface area contributed by atoms with E-state index in [0.29, 0.717) is 32.1 Å². The lowest BCUT2D eigenvalue weighted by atomic mass is 10.2. The summed E-state index contributed by atoms with van der Waals surface area (Å²) in [5, 5.41) is 6.18. The Hall–Kier alpha value is -2.77. The second-order valence-electron chi connectivity index (χ2n) is 8.64. The smallest absolute Gasteiger partial charge is 0.407 e. The van der Waals surface area contributed by atoms with Gasteiger partial charge in [-0.25, -0.2) is 9.79 Å². The van der Waals surface area contributed by atoms with Gasteiger partial charge in [0.05, 0.1) is 6.04 Å².